The van der Waals surface area contributed by atoms with Gasteiger partial charge in [-0.1, -0.05) is 26.0 Å². The van der Waals surface area contributed by atoms with Crippen LogP contribution in [0.25, 0.3) is 0 Å². The zero-order chi connectivity index (χ0) is 19.6. The molecule has 1 aromatic carbocycles. The molecular weight excluding hydrogens is 362 g/mol. The first-order valence-electron chi connectivity index (χ1n) is 9.87. The number of piperidine rings is 1. The van der Waals surface area contributed by atoms with Crippen LogP contribution in [0.4, 0.5) is 0 Å². The number of nitrogens with one attached hydrogen (secondary N) is 2. The topological polar surface area (TPSA) is 78.5 Å². The average molecular weight is 394 g/mol. The second kappa shape index (κ2) is 8.29. The van der Waals surface area contributed by atoms with Crippen LogP contribution >= 0.6 is 0 Å². The largest absolute Gasteiger partial charge is 0.343 e. The summed E-state index contributed by atoms with van der Waals surface area (Å²) in [6.07, 6.45) is 4.55. The van der Waals surface area contributed by atoms with Gasteiger partial charge in [-0.15, -0.1) is 0 Å². The second-order valence-corrected chi connectivity index (χ2v) is 9.91. The van der Waals surface area contributed by atoms with E-state index in [1.54, 1.807) is 12.1 Å². The number of hydrogen-bond donors (Lipinski definition) is 2. The van der Waals surface area contributed by atoms with Crippen molar-refractivity contribution in [3.05, 3.63) is 29.8 Å². The number of benzene rings is 1. The van der Waals surface area contributed by atoms with Gasteiger partial charge in [0.1, 0.15) is 0 Å². The van der Waals surface area contributed by atoms with Gasteiger partial charge in [0, 0.05) is 38.1 Å². The van der Waals surface area contributed by atoms with Gasteiger partial charge in [0.05, 0.1) is 4.90 Å². The van der Waals surface area contributed by atoms with Crippen molar-refractivity contribution in [1.82, 2.24) is 14.9 Å². The summed E-state index contributed by atoms with van der Waals surface area (Å²) in [5.41, 5.74) is 1.10. The minimum Gasteiger partial charge on any atom is -0.343 e. The van der Waals surface area contributed by atoms with Crippen LogP contribution in [0.3, 0.4) is 0 Å². The van der Waals surface area contributed by atoms with E-state index in [2.05, 4.69) is 23.9 Å². The first-order valence-corrected chi connectivity index (χ1v) is 11.4. The fraction of sp³-hybridized carbons (Fsp3) is 0.650. The lowest BCUT2D eigenvalue weighted by Crippen LogP contribution is -2.49. The minimum atomic E-state index is -3.59. The summed E-state index contributed by atoms with van der Waals surface area (Å²) in [4.78, 5) is 14.5. The van der Waals surface area contributed by atoms with Crippen LogP contribution < -0.4 is 10.0 Å². The first-order chi connectivity index (χ1) is 12.8. The molecule has 0 spiro atoms. The van der Waals surface area contributed by atoms with Gasteiger partial charge in [-0.2, -0.15) is 0 Å². The van der Waals surface area contributed by atoms with E-state index in [0.29, 0.717) is 18.0 Å². The number of sulfonamides is 1. The maximum absolute atomic E-state index is 12.5. The molecule has 150 valence electrons. The van der Waals surface area contributed by atoms with Crippen molar-refractivity contribution in [2.24, 2.45) is 0 Å². The Morgan fingerprint density at radius 2 is 1.78 bits per heavy atom. The fourth-order valence-corrected chi connectivity index (χ4v) is 5.16. The van der Waals surface area contributed by atoms with Crippen LogP contribution in [0.15, 0.2) is 29.2 Å². The molecule has 2 unspecified atom stereocenters. The summed E-state index contributed by atoms with van der Waals surface area (Å²) in [6.45, 7) is 4.25. The number of carbonyl (C=O) groups excluding carboxylic acids is 1. The van der Waals surface area contributed by atoms with Crippen molar-refractivity contribution in [1.29, 1.82) is 0 Å². The minimum absolute atomic E-state index is 0.000782. The molecule has 2 atom stereocenters. The van der Waals surface area contributed by atoms with E-state index in [4.69, 9.17) is 0 Å². The highest BCUT2D eigenvalue weighted by Crippen LogP contribution is 2.29. The molecule has 27 heavy (non-hydrogen) atoms. The third-order valence-corrected chi connectivity index (χ3v) is 7.35. The summed E-state index contributed by atoms with van der Waals surface area (Å²) in [6, 6.07) is 8.23. The summed E-state index contributed by atoms with van der Waals surface area (Å²) >= 11 is 0. The number of carbonyl (C=O) groups is 1. The van der Waals surface area contributed by atoms with Gasteiger partial charge >= 0.3 is 0 Å². The smallest absolute Gasteiger partial charge is 0.240 e. The molecule has 3 rings (SSSR count). The van der Waals surface area contributed by atoms with Gasteiger partial charge in [-0.05, 0) is 49.3 Å². The van der Waals surface area contributed by atoms with Crippen LogP contribution in [0.5, 0.6) is 0 Å². The Hall–Kier alpha value is -1.44. The molecule has 2 aliphatic rings. The predicted molar refractivity (Wildman–Crippen MR) is 106 cm³/mol. The van der Waals surface area contributed by atoms with Crippen LogP contribution in [-0.4, -0.2) is 50.9 Å². The summed E-state index contributed by atoms with van der Waals surface area (Å²) in [5, 5.41) is 3.58. The van der Waals surface area contributed by atoms with Crippen LogP contribution in [0, 0.1) is 0 Å². The standard InChI is InChI=1S/C20H31N3O3S/c1-14(2)15-4-8-19(9-5-15)27(25,26)21-11-10-20(24)23(3)18-12-16-6-7-17(13-18)22-16/h4-5,8-9,14,16-18,21-22H,6-7,10-13H2,1-3H3. The lowest BCUT2D eigenvalue weighted by atomic mass is 9.98. The van der Waals surface area contributed by atoms with E-state index in [0.717, 1.165) is 18.4 Å². The second-order valence-electron chi connectivity index (χ2n) is 8.14. The lowest BCUT2D eigenvalue weighted by molar-refractivity contribution is -0.132. The van der Waals surface area contributed by atoms with Crippen molar-refractivity contribution in [2.75, 3.05) is 13.6 Å². The number of nitrogens with zero attached hydrogens (tertiary/aromatic N) is 1. The fourth-order valence-electron chi connectivity index (χ4n) is 4.13. The third kappa shape index (κ3) is 4.89. The molecule has 0 aliphatic carbocycles. The van der Waals surface area contributed by atoms with Crippen LogP contribution in [-0.2, 0) is 14.8 Å². The highest BCUT2D eigenvalue weighted by Gasteiger charge is 2.36. The van der Waals surface area contributed by atoms with Crippen LogP contribution in [0.1, 0.15) is 57.4 Å². The van der Waals surface area contributed by atoms with Gasteiger partial charge in [0.2, 0.25) is 15.9 Å². The van der Waals surface area contributed by atoms with E-state index in [-0.39, 0.29) is 29.8 Å². The molecule has 6 nitrogen and oxygen atoms in total. The zero-order valence-corrected chi connectivity index (χ0v) is 17.3. The molecule has 2 saturated heterocycles. The Morgan fingerprint density at radius 3 is 2.33 bits per heavy atom. The maximum atomic E-state index is 12.5. The van der Waals surface area contributed by atoms with Gasteiger partial charge in [0.15, 0.2) is 0 Å². The number of rotatable bonds is 7. The quantitative estimate of drug-likeness (QED) is 0.745. The van der Waals surface area contributed by atoms with Crippen molar-refractivity contribution < 1.29 is 13.2 Å². The van der Waals surface area contributed by atoms with Crippen LogP contribution in [0.2, 0.25) is 0 Å². The molecule has 0 aromatic heterocycles. The average Bonchev–Trinajstić information content (AvgIpc) is 2.98. The normalized spacial score (nSPS) is 25.0. The van der Waals surface area contributed by atoms with Crippen molar-refractivity contribution in [3.8, 4) is 0 Å². The van der Waals surface area contributed by atoms with Crippen molar-refractivity contribution >= 4 is 15.9 Å². The monoisotopic (exact) mass is 393 g/mol. The Kier molecular flexibility index (Phi) is 6.23. The Labute approximate surface area is 162 Å². The third-order valence-electron chi connectivity index (χ3n) is 5.88. The van der Waals surface area contributed by atoms with Gasteiger partial charge in [0.25, 0.3) is 0 Å². The lowest BCUT2D eigenvalue weighted by Gasteiger charge is -2.35. The van der Waals surface area contributed by atoms with Gasteiger partial charge < -0.3 is 10.2 Å². The zero-order valence-electron chi connectivity index (χ0n) is 16.4. The molecule has 7 heteroatoms. The molecule has 1 amide bonds. The molecule has 2 aliphatic heterocycles. The predicted octanol–water partition coefficient (Wildman–Crippen LogP) is 2.22. The van der Waals surface area contributed by atoms with E-state index < -0.39 is 10.0 Å². The summed E-state index contributed by atoms with van der Waals surface area (Å²) in [5.74, 6) is 0.354. The molecule has 1 aromatic rings. The molecule has 2 fully saturated rings. The van der Waals surface area contributed by atoms with Crippen molar-refractivity contribution in [3.63, 3.8) is 0 Å². The van der Waals surface area contributed by atoms with E-state index >= 15 is 0 Å². The highest BCUT2D eigenvalue weighted by atomic mass is 32.2. The highest BCUT2D eigenvalue weighted by molar-refractivity contribution is 7.89. The number of fused-ring (bicyclic) bond motifs is 2. The molecule has 2 heterocycles. The Bertz CT molecular complexity index is 749. The molecule has 0 saturated carbocycles. The van der Waals surface area contributed by atoms with E-state index in [1.807, 2.05) is 24.1 Å². The molecule has 2 bridgehead atoms. The maximum Gasteiger partial charge on any atom is 0.240 e. The van der Waals surface area contributed by atoms with Crippen molar-refractivity contribution in [2.45, 2.75) is 74.9 Å². The molecule has 2 N–H and O–H groups in total. The number of hydrogen-bond acceptors (Lipinski definition) is 4. The Morgan fingerprint density at radius 1 is 1.19 bits per heavy atom. The summed E-state index contributed by atoms with van der Waals surface area (Å²) in [7, 11) is -1.74. The van der Waals surface area contributed by atoms with E-state index in [9.17, 15) is 13.2 Å². The Balaban J connectivity index is 1.50. The molecule has 0 radical (unpaired) electrons. The number of amides is 1. The summed E-state index contributed by atoms with van der Waals surface area (Å²) < 4.78 is 27.4. The molecular formula is C20H31N3O3S. The van der Waals surface area contributed by atoms with Gasteiger partial charge in [-0.25, -0.2) is 13.1 Å². The van der Waals surface area contributed by atoms with Gasteiger partial charge in [-0.3, -0.25) is 4.79 Å². The SMILES string of the molecule is CC(C)c1ccc(S(=O)(=O)NCCC(=O)N(C)C2CC3CCC(C2)N3)cc1. The first kappa shape index (κ1) is 20.3. The van der Waals surface area contributed by atoms with E-state index in [1.165, 1.54) is 12.8 Å².